The second kappa shape index (κ2) is 6.34. The molecule has 6 nitrogen and oxygen atoms in total. The van der Waals surface area contributed by atoms with Crippen molar-refractivity contribution >= 4 is 19.7 Å². The maximum Gasteiger partial charge on any atom is 0.371 e. The summed E-state index contributed by atoms with van der Waals surface area (Å²) in [6, 6.07) is 0. The number of hydrogen-bond acceptors (Lipinski definition) is 5. The highest BCUT2D eigenvalue weighted by Gasteiger charge is 2.11. The van der Waals surface area contributed by atoms with Crippen LogP contribution < -0.4 is 0 Å². The molecule has 0 fully saturated rings. The fraction of sp³-hybridized carbons (Fsp3) is 0.429. The molecule has 0 bridgehead atoms. The van der Waals surface area contributed by atoms with Crippen LogP contribution in [0.25, 0.3) is 0 Å². The Morgan fingerprint density at radius 1 is 1.50 bits per heavy atom. The molecule has 0 spiro atoms. The van der Waals surface area contributed by atoms with Crippen molar-refractivity contribution in [3.63, 3.8) is 0 Å². The highest BCUT2D eigenvalue weighted by Crippen LogP contribution is 2.18. The summed E-state index contributed by atoms with van der Waals surface area (Å²) >= 11 is 0. The van der Waals surface area contributed by atoms with E-state index in [4.69, 9.17) is 10.2 Å². The van der Waals surface area contributed by atoms with Crippen molar-refractivity contribution in [2.24, 2.45) is 0 Å². The third-order valence-electron chi connectivity index (χ3n) is 1.16. The zero-order valence-electron chi connectivity index (χ0n) is 7.52. The third kappa shape index (κ3) is 5.50. The summed E-state index contributed by atoms with van der Waals surface area (Å²) in [7, 11) is -2.22. The smallest absolute Gasteiger partial charge is 0.371 e. The fourth-order valence-corrected chi connectivity index (χ4v) is 1.14. The number of carboxylic acids is 1. The zero-order valence-corrected chi connectivity index (χ0v) is 8.52. The van der Waals surface area contributed by atoms with Crippen LogP contribution in [0.4, 0.5) is 0 Å². The van der Waals surface area contributed by atoms with E-state index < -0.39 is 31.8 Å². The number of rotatable bonds is 5. The lowest BCUT2D eigenvalue weighted by molar-refractivity contribution is -0.146. The summed E-state index contributed by atoms with van der Waals surface area (Å²) in [6.07, 6.45) is 0.422. The first-order valence-corrected chi connectivity index (χ1v) is 5.54. The van der Waals surface area contributed by atoms with Gasteiger partial charge in [0.15, 0.2) is 0 Å². The predicted molar refractivity (Wildman–Crippen MR) is 48.4 cm³/mol. The molecule has 80 valence electrons. The number of aliphatic hydroxyl groups is 1. The Balaban J connectivity index is 4.41. The lowest BCUT2D eigenvalue weighted by atomic mass is 10.5. The lowest BCUT2D eigenvalue weighted by Gasteiger charge is -2.00. The van der Waals surface area contributed by atoms with Crippen molar-refractivity contribution in [2.45, 2.75) is 6.92 Å². The standard InChI is InChI=1S/C7H11O6P/c1-5(9)13-6(7(10)11)2-3-14(12)4-8/h2,8,14H,3-4H2,1H3,(H,10,11). The summed E-state index contributed by atoms with van der Waals surface area (Å²) in [6.45, 7) is 1.06. The van der Waals surface area contributed by atoms with Gasteiger partial charge < -0.3 is 19.5 Å². The number of aliphatic hydroxyl groups excluding tert-OH is 1. The molecule has 1 unspecified atom stereocenters. The summed E-state index contributed by atoms with van der Waals surface area (Å²) in [5.41, 5.74) is 0. The number of carbonyl (C=O) groups excluding carboxylic acids is 1. The van der Waals surface area contributed by atoms with E-state index >= 15 is 0 Å². The van der Waals surface area contributed by atoms with E-state index in [1.165, 1.54) is 0 Å². The Kier molecular flexibility index (Phi) is 5.83. The molecular formula is C7H11O6P. The first kappa shape index (κ1) is 12.9. The molecule has 0 aromatic heterocycles. The lowest BCUT2D eigenvalue weighted by Crippen LogP contribution is -2.08. The van der Waals surface area contributed by atoms with Gasteiger partial charge in [-0.3, -0.25) is 4.79 Å². The van der Waals surface area contributed by atoms with Crippen molar-refractivity contribution in [1.82, 2.24) is 0 Å². The van der Waals surface area contributed by atoms with Crippen molar-refractivity contribution in [3.8, 4) is 0 Å². The van der Waals surface area contributed by atoms with E-state index in [1.807, 2.05) is 0 Å². The number of carboxylic acid groups (broad SMARTS) is 1. The number of carbonyl (C=O) groups is 2. The topological polar surface area (TPSA) is 101 Å². The van der Waals surface area contributed by atoms with Crippen LogP contribution in [-0.4, -0.2) is 34.7 Å². The van der Waals surface area contributed by atoms with Gasteiger partial charge in [-0.05, 0) is 6.08 Å². The van der Waals surface area contributed by atoms with Gasteiger partial charge in [0.2, 0.25) is 5.76 Å². The second-order valence-corrected chi connectivity index (χ2v) is 4.17. The summed E-state index contributed by atoms with van der Waals surface area (Å²) < 4.78 is 15.1. The number of hydrogen-bond donors (Lipinski definition) is 2. The molecule has 0 saturated heterocycles. The minimum absolute atomic E-state index is 0.101. The van der Waals surface area contributed by atoms with E-state index in [2.05, 4.69) is 4.74 Å². The Morgan fingerprint density at radius 3 is 2.43 bits per heavy atom. The molecule has 0 aromatic rings. The van der Waals surface area contributed by atoms with Gasteiger partial charge in [0.25, 0.3) is 0 Å². The van der Waals surface area contributed by atoms with Crippen LogP contribution >= 0.6 is 7.80 Å². The maximum absolute atomic E-state index is 10.8. The molecule has 0 radical (unpaired) electrons. The fourth-order valence-electron chi connectivity index (χ4n) is 0.599. The summed E-state index contributed by atoms with van der Waals surface area (Å²) in [5, 5.41) is 16.9. The van der Waals surface area contributed by atoms with Gasteiger partial charge in [-0.1, -0.05) is 0 Å². The molecule has 0 aliphatic rings. The number of aliphatic carboxylic acids is 1. The molecule has 0 rings (SSSR count). The van der Waals surface area contributed by atoms with Crippen molar-refractivity contribution in [2.75, 3.05) is 12.5 Å². The highest BCUT2D eigenvalue weighted by atomic mass is 31.1. The van der Waals surface area contributed by atoms with Gasteiger partial charge in [-0.25, -0.2) is 4.79 Å². The van der Waals surface area contributed by atoms with Crippen LogP contribution in [0.5, 0.6) is 0 Å². The maximum atomic E-state index is 10.8. The van der Waals surface area contributed by atoms with Crippen LogP contribution in [0.15, 0.2) is 11.8 Å². The van der Waals surface area contributed by atoms with E-state index in [-0.39, 0.29) is 6.16 Å². The van der Waals surface area contributed by atoms with E-state index in [0.717, 1.165) is 13.0 Å². The Labute approximate surface area is 81.0 Å². The van der Waals surface area contributed by atoms with Crippen LogP contribution in [-0.2, 0) is 18.9 Å². The first-order chi connectivity index (χ1) is 6.47. The average molecular weight is 222 g/mol. The zero-order chi connectivity index (χ0) is 11.1. The van der Waals surface area contributed by atoms with Crippen LogP contribution in [0.1, 0.15) is 6.92 Å². The molecule has 2 N–H and O–H groups in total. The molecule has 0 aliphatic carbocycles. The summed E-state index contributed by atoms with van der Waals surface area (Å²) in [5.74, 6) is -2.74. The number of esters is 1. The predicted octanol–water partition coefficient (Wildman–Crippen LogP) is 0.0275. The number of allylic oxidation sites excluding steroid dienone is 1. The average Bonchev–Trinajstić information content (AvgIpc) is 2.10. The quantitative estimate of drug-likeness (QED) is 0.294. The van der Waals surface area contributed by atoms with Gasteiger partial charge in [0, 0.05) is 13.1 Å². The van der Waals surface area contributed by atoms with E-state index in [1.54, 1.807) is 0 Å². The third-order valence-corrected chi connectivity index (χ3v) is 2.17. The van der Waals surface area contributed by atoms with Gasteiger partial charge >= 0.3 is 11.9 Å². The van der Waals surface area contributed by atoms with Gasteiger partial charge in [-0.15, -0.1) is 0 Å². The molecule has 0 aliphatic heterocycles. The highest BCUT2D eigenvalue weighted by molar-refractivity contribution is 7.44. The first-order valence-electron chi connectivity index (χ1n) is 3.71. The monoisotopic (exact) mass is 222 g/mol. The molecule has 0 saturated carbocycles. The molecule has 0 aromatic carbocycles. The Morgan fingerprint density at radius 2 is 2.07 bits per heavy atom. The normalized spacial score (nSPS) is 13.4. The van der Waals surface area contributed by atoms with Gasteiger partial charge in [0.1, 0.15) is 7.80 Å². The molecule has 7 heteroatoms. The molecule has 0 heterocycles. The van der Waals surface area contributed by atoms with Crippen LogP contribution in [0.2, 0.25) is 0 Å². The Hall–Kier alpha value is -1.13. The van der Waals surface area contributed by atoms with E-state index in [9.17, 15) is 14.2 Å². The van der Waals surface area contributed by atoms with Crippen molar-refractivity contribution in [1.29, 1.82) is 0 Å². The molecular weight excluding hydrogens is 211 g/mol. The Bertz CT molecular complexity index is 282. The van der Waals surface area contributed by atoms with Crippen LogP contribution in [0.3, 0.4) is 0 Å². The second-order valence-electron chi connectivity index (χ2n) is 2.37. The summed E-state index contributed by atoms with van der Waals surface area (Å²) in [4.78, 5) is 20.9. The van der Waals surface area contributed by atoms with Gasteiger partial charge in [0.05, 0.1) is 6.35 Å². The molecule has 0 amide bonds. The largest absolute Gasteiger partial charge is 0.475 e. The molecule has 1 atom stereocenters. The van der Waals surface area contributed by atoms with Gasteiger partial charge in [-0.2, -0.15) is 0 Å². The van der Waals surface area contributed by atoms with Crippen molar-refractivity contribution in [3.05, 3.63) is 11.8 Å². The minimum Gasteiger partial charge on any atom is -0.475 e. The van der Waals surface area contributed by atoms with E-state index in [0.29, 0.717) is 0 Å². The SMILES string of the molecule is CC(=O)OC(=CC[PH](=O)CO)C(=O)O. The molecule has 14 heavy (non-hydrogen) atoms. The number of ether oxygens (including phenoxy) is 1. The van der Waals surface area contributed by atoms with Crippen molar-refractivity contribution < 1.29 is 29.1 Å². The van der Waals surface area contributed by atoms with Crippen LogP contribution in [0, 0.1) is 0 Å². The minimum atomic E-state index is -2.22.